The van der Waals surface area contributed by atoms with E-state index in [0.29, 0.717) is 11.5 Å². The molecule has 1 spiro atoms. The zero-order chi connectivity index (χ0) is 7.31. The predicted octanol–water partition coefficient (Wildman–Crippen LogP) is 0.527. The second-order valence-electron chi connectivity index (χ2n) is 2.46. The van der Waals surface area contributed by atoms with Gasteiger partial charge in [0.15, 0.2) is 18.3 Å². The van der Waals surface area contributed by atoms with E-state index in [9.17, 15) is 0 Å². The van der Waals surface area contributed by atoms with Crippen molar-refractivity contribution in [2.24, 2.45) is 4.99 Å². The SMILES string of the molecule is C1=NC23OCOC2=COC3=C1. The zero-order valence-electron chi connectivity index (χ0n) is 5.61. The lowest BCUT2D eigenvalue weighted by Crippen LogP contribution is -2.24. The van der Waals surface area contributed by atoms with Crippen molar-refractivity contribution in [3.8, 4) is 0 Å². The van der Waals surface area contributed by atoms with Crippen molar-refractivity contribution < 1.29 is 14.2 Å². The third-order valence-electron chi connectivity index (χ3n) is 1.93. The van der Waals surface area contributed by atoms with Gasteiger partial charge < -0.3 is 14.2 Å². The molecule has 0 amide bonds. The highest BCUT2D eigenvalue weighted by Gasteiger charge is 2.52. The van der Waals surface area contributed by atoms with Crippen LogP contribution >= 0.6 is 0 Å². The first kappa shape index (κ1) is 5.37. The topological polar surface area (TPSA) is 40.0 Å². The molecule has 0 bridgehead atoms. The summed E-state index contributed by atoms with van der Waals surface area (Å²) < 4.78 is 15.6. The molecule has 1 fully saturated rings. The monoisotopic (exact) mass is 151 g/mol. The highest BCUT2D eigenvalue weighted by molar-refractivity contribution is 5.77. The van der Waals surface area contributed by atoms with Crippen molar-refractivity contribution in [2.75, 3.05) is 6.79 Å². The van der Waals surface area contributed by atoms with Crippen molar-refractivity contribution >= 4 is 6.21 Å². The molecule has 0 aromatic carbocycles. The lowest BCUT2D eigenvalue weighted by molar-refractivity contribution is -0.00160. The fraction of sp³-hybridized carbons (Fsp3) is 0.286. The highest BCUT2D eigenvalue weighted by atomic mass is 16.7. The molecular formula is C7H5NO3. The van der Waals surface area contributed by atoms with Crippen LogP contribution in [0.1, 0.15) is 0 Å². The van der Waals surface area contributed by atoms with E-state index in [1.807, 2.05) is 0 Å². The van der Waals surface area contributed by atoms with Gasteiger partial charge in [0, 0.05) is 12.3 Å². The maximum Gasteiger partial charge on any atom is 0.283 e. The number of hydrogen-bond donors (Lipinski definition) is 0. The number of rotatable bonds is 0. The molecule has 56 valence electrons. The van der Waals surface area contributed by atoms with E-state index in [4.69, 9.17) is 14.2 Å². The van der Waals surface area contributed by atoms with Gasteiger partial charge in [-0.3, -0.25) is 0 Å². The third kappa shape index (κ3) is 0.444. The molecule has 0 aromatic rings. The summed E-state index contributed by atoms with van der Waals surface area (Å²) in [7, 11) is 0. The Hall–Kier alpha value is -1.29. The summed E-state index contributed by atoms with van der Waals surface area (Å²) in [6.45, 7) is 0.254. The quantitative estimate of drug-likeness (QED) is 0.507. The summed E-state index contributed by atoms with van der Waals surface area (Å²) in [6, 6.07) is 0. The molecule has 4 nitrogen and oxygen atoms in total. The van der Waals surface area contributed by atoms with Crippen LogP contribution in [-0.2, 0) is 14.2 Å². The van der Waals surface area contributed by atoms with Gasteiger partial charge in [0.25, 0.3) is 5.72 Å². The van der Waals surface area contributed by atoms with Gasteiger partial charge in [-0.15, -0.1) is 0 Å². The van der Waals surface area contributed by atoms with Crippen molar-refractivity contribution in [1.82, 2.24) is 0 Å². The summed E-state index contributed by atoms with van der Waals surface area (Å²) >= 11 is 0. The molecule has 0 saturated carbocycles. The van der Waals surface area contributed by atoms with Crippen molar-refractivity contribution in [1.29, 1.82) is 0 Å². The van der Waals surface area contributed by atoms with Crippen LogP contribution in [0.2, 0.25) is 0 Å². The van der Waals surface area contributed by atoms with E-state index < -0.39 is 5.72 Å². The van der Waals surface area contributed by atoms with E-state index in [0.717, 1.165) is 0 Å². The molecule has 0 aromatic heterocycles. The number of ether oxygens (including phenoxy) is 3. The fourth-order valence-electron chi connectivity index (χ4n) is 1.38. The van der Waals surface area contributed by atoms with Gasteiger partial charge in [0.1, 0.15) is 6.26 Å². The van der Waals surface area contributed by atoms with Crippen molar-refractivity contribution in [3.63, 3.8) is 0 Å². The lowest BCUT2D eigenvalue weighted by Gasteiger charge is -2.12. The summed E-state index contributed by atoms with van der Waals surface area (Å²) in [5, 5.41) is 0. The lowest BCUT2D eigenvalue weighted by atomic mass is 10.2. The molecule has 1 atom stereocenters. The maximum absolute atomic E-state index is 5.31. The average Bonchev–Trinajstić information content (AvgIpc) is 2.55. The first-order valence-electron chi connectivity index (χ1n) is 3.32. The van der Waals surface area contributed by atoms with E-state index in [2.05, 4.69) is 4.99 Å². The minimum atomic E-state index is -0.736. The third-order valence-corrected chi connectivity index (χ3v) is 1.93. The standard InChI is InChI=1S/C7H5NO3/c1-2-8-7-5(1)9-3-6(7)10-4-11-7/h1-3H,4H2. The summed E-state index contributed by atoms with van der Waals surface area (Å²) in [5.41, 5.74) is -0.736. The highest BCUT2D eigenvalue weighted by Crippen LogP contribution is 2.44. The Morgan fingerprint density at radius 2 is 2.45 bits per heavy atom. The number of hydrogen-bond acceptors (Lipinski definition) is 4. The molecule has 3 rings (SSSR count). The van der Waals surface area contributed by atoms with Gasteiger partial charge in [-0.25, -0.2) is 4.99 Å². The van der Waals surface area contributed by atoms with Gasteiger partial charge >= 0.3 is 0 Å². The molecule has 3 heterocycles. The van der Waals surface area contributed by atoms with Gasteiger partial charge in [0.05, 0.1) is 0 Å². The molecule has 1 saturated heterocycles. The molecular weight excluding hydrogens is 146 g/mol. The first-order valence-corrected chi connectivity index (χ1v) is 3.32. The maximum atomic E-state index is 5.31. The Morgan fingerprint density at radius 3 is 3.45 bits per heavy atom. The minimum Gasteiger partial charge on any atom is -0.463 e. The Morgan fingerprint density at radius 1 is 1.45 bits per heavy atom. The van der Waals surface area contributed by atoms with Crippen LogP contribution in [0, 0.1) is 0 Å². The first-order chi connectivity index (χ1) is 5.42. The van der Waals surface area contributed by atoms with E-state index in [1.54, 1.807) is 12.3 Å². The average molecular weight is 151 g/mol. The second kappa shape index (κ2) is 1.48. The van der Waals surface area contributed by atoms with Crippen LogP contribution in [0.15, 0.2) is 28.8 Å². The molecule has 0 radical (unpaired) electrons. The van der Waals surface area contributed by atoms with Crippen LogP contribution in [0.25, 0.3) is 0 Å². The largest absolute Gasteiger partial charge is 0.463 e. The minimum absolute atomic E-state index is 0.254. The second-order valence-corrected chi connectivity index (χ2v) is 2.46. The Kier molecular flexibility index (Phi) is 0.722. The van der Waals surface area contributed by atoms with Crippen LogP contribution in [0.4, 0.5) is 0 Å². The van der Waals surface area contributed by atoms with Gasteiger partial charge in [-0.1, -0.05) is 0 Å². The Labute approximate surface area is 62.8 Å². The molecule has 3 aliphatic rings. The van der Waals surface area contributed by atoms with Crippen LogP contribution < -0.4 is 0 Å². The number of nitrogens with zero attached hydrogens (tertiary/aromatic N) is 1. The van der Waals surface area contributed by atoms with E-state index in [-0.39, 0.29) is 6.79 Å². The normalized spacial score (nSPS) is 37.1. The summed E-state index contributed by atoms with van der Waals surface area (Å²) in [6.07, 6.45) is 4.98. The van der Waals surface area contributed by atoms with Crippen molar-refractivity contribution in [3.05, 3.63) is 23.9 Å². The van der Waals surface area contributed by atoms with Gasteiger partial charge in [-0.05, 0) is 0 Å². The van der Waals surface area contributed by atoms with Crippen LogP contribution in [0.5, 0.6) is 0 Å². The van der Waals surface area contributed by atoms with E-state index in [1.165, 1.54) is 6.26 Å². The molecule has 3 aliphatic heterocycles. The smallest absolute Gasteiger partial charge is 0.283 e. The van der Waals surface area contributed by atoms with Crippen molar-refractivity contribution in [2.45, 2.75) is 5.72 Å². The predicted molar refractivity (Wildman–Crippen MR) is 35.5 cm³/mol. The number of aliphatic imine (C=N–C) groups is 1. The summed E-state index contributed by atoms with van der Waals surface area (Å²) in [4.78, 5) is 4.13. The van der Waals surface area contributed by atoms with Gasteiger partial charge in [0.2, 0.25) is 0 Å². The zero-order valence-corrected chi connectivity index (χ0v) is 5.61. The molecule has 1 unspecified atom stereocenters. The Balaban J connectivity index is 2.21. The van der Waals surface area contributed by atoms with Crippen LogP contribution in [0.3, 0.4) is 0 Å². The van der Waals surface area contributed by atoms with Crippen LogP contribution in [-0.4, -0.2) is 18.7 Å². The molecule has 0 aliphatic carbocycles. The van der Waals surface area contributed by atoms with E-state index >= 15 is 0 Å². The molecule has 0 N–H and O–H groups in total. The Bertz CT molecular complexity index is 305. The molecule has 11 heavy (non-hydrogen) atoms. The molecule has 4 heteroatoms. The van der Waals surface area contributed by atoms with Gasteiger partial charge in [-0.2, -0.15) is 0 Å². The summed E-state index contributed by atoms with van der Waals surface area (Å²) in [5.74, 6) is 1.35. The number of allylic oxidation sites excluding steroid dienone is 1. The fourth-order valence-corrected chi connectivity index (χ4v) is 1.38.